The van der Waals surface area contributed by atoms with Crippen LogP contribution in [0.25, 0.3) is 0 Å². The molecule has 9 nitrogen and oxygen atoms in total. The van der Waals surface area contributed by atoms with Crippen LogP contribution in [0.15, 0.2) is 158 Å². The van der Waals surface area contributed by atoms with E-state index in [1.807, 2.05) is 0 Å². The second-order valence-corrected chi connectivity index (χ2v) is 20.6. The van der Waals surface area contributed by atoms with Gasteiger partial charge in [0, 0.05) is 19.4 Å². The summed E-state index contributed by atoms with van der Waals surface area (Å²) in [5, 5.41) is 0. The molecule has 0 heterocycles. The van der Waals surface area contributed by atoms with Crippen LogP contribution < -0.4 is 5.73 Å². The molecule has 0 amide bonds. The van der Waals surface area contributed by atoms with Crippen molar-refractivity contribution in [3.63, 3.8) is 0 Å². The highest BCUT2D eigenvalue weighted by molar-refractivity contribution is 7.47. The van der Waals surface area contributed by atoms with E-state index in [-0.39, 0.29) is 32.6 Å². The lowest BCUT2D eigenvalue weighted by molar-refractivity contribution is -0.161. The molecule has 0 aliphatic carbocycles. The third-order valence-corrected chi connectivity index (χ3v) is 12.9. The number of unbranched alkanes of at least 4 members (excludes halogenated alkanes) is 15. The maximum Gasteiger partial charge on any atom is 0.472 e. The minimum absolute atomic E-state index is 0.0401. The minimum atomic E-state index is -4.41. The van der Waals surface area contributed by atoms with Gasteiger partial charge in [-0.25, -0.2) is 4.57 Å². The van der Waals surface area contributed by atoms with Gasteiger partial charge in [0.25, 0.3) is 0 Å². The van der Waals surface area contributed by atoms with Crippen LogP contribution in [-0.2, 0) is 32.7 Å². The van der Waals surface area contributed by atoms with E-state index in [9.17, 15) is 19.0 Å². The van der Waals surface area contributed by atoms with Gasteiger partial charge in [-0.1, -0.05) is 236 Å². The SMILES string of the molecule is CC/C=C\C/C=C\C/C=C\C/C=C\C/C=C\C/C=C\C/C=C\C/C=C\C/C=C\C/C=C\CCCCCCCCC(=O)OC(COC(=O)CCCCCCCC/C=C\C/C=C\C/C=C\CCCCC)COP(=O)(O)OCCN. The first kappa shape index (κ1) is 72.6. The topological polar surface area (TPSA) is 134 Å². The number of nitrogens with two attached hydrogens (primary N) is 1. The summed E-state index contributed by atoms with van der Waals surface area (Å²) in [5.41, 5.74) is 5.38. The minimum Gasteiger partial charge on any atom is -0.462 e. The zero-order valence-corrected chi connectivity index (χ0v) is 49.3. The molecular weight excluding hydrogens is 978 g/mol. The van der Waals surface area contributed by atoms with Crippen molar-refractivity contribution in [2.45, 2.75) is 225 Å². The summed E-state index contributed by atoms with van der Waals surface area (Å²) in [7, 11) is -4.41. The van der Waals surface area contributed by atoms with E-state index in [1.54, 1.807) is 0 Å². The van der Waals surface area contributed by atoms with Crippen molar-refractivity contribution >= 4 is 19.8 Å². The molecule has 0 aromatic heterocycles. The van der Waals surface area contributed by atoms with E-state index in [0.29, 0.717) is 12.8 Å². The predicted molar refractivity (Wildman–Crippen MR) is 330 cm³/mol. The van der Waals surface area contributed by atoms with Crippen LogP contribution in [0.3, 0.4) is 0 Å². The summed E-state index contributed by atoms with van der Waals surface area (Å²) in [6.07, 6.45) is 88.6. The number of carbonyl (C=O) groups excluding carboxylic acids is 2. The summed E-state index contributed by atoms with van der Waals surface area (Å²) >= 11 is 0. The Balaban J connectivity index is 4.08. The molecule has 0 aliphatic rings. The predicted octanol–water partition coefficient (Wildman–Crippen LogP) is 19.3. The van der Waals surface area contributed by atoms with Crippen molar-refractivity contribution in [3.05, 3.63) is 158 Å². The molecule has 0 radical (unpaired) electrons. The third-order valence-electron chi connectivity index (χ3n) is 11.9. The highest BCUT2D eigenvalue weighted by atomic mass is 31.2. The van der Waals surface area contributed by atoms with Gasteiger partial charge in [-0.15, -0.1) is 0 Å². The number of esters is 2. The highest BCUT2D eigenvalue weighted by Crippen LogP contribution is 2.43. The highest BCUT2D eigenvalue weighted by Gasteiger charge is 2.26. The van der Waals surface area contributed by atoms with Gasteiger partial charge in [0.1, 0.15) is 6.61 Å². The fourth-order valence-corrected chi connectivity index (χ4v) is 8.26. The van der Waals surface area contributed by atoms with E-state index in [4.69, 9.17) is 24.3 Å². The number of hydrogen-bond acceptors (Lipinski definition) is 8. The summed E-state index contributed by atoms with van der Waals surface area (Å²) in [6.45, 7) is 3.55. The molecule has 0 rings (SSSR count). The van der Waals surface area contributed by atoms with Gasteiger partial charge < -0.3 is 20.1 Å². The van der Waals surface area contributed by atoms with Crippen LogP contribution in [0.4, 0.5) is 0 Å². The maximum atomic E-state index is 12.7. The standard InChI is InChI=1S/C67H108NO8P/c1-3-5-7-9-11-13-15-17-19-21-23-24-25-26-27-28-29-30-31-32-33-34-35-36-37-38-39-40-42-44-46-48-50-52-54-56-58-60-67(70)76-65(64-75-77(71,72)74-62-61-68)63-73-66(69)59-57-55-53-51-49-47-45-43-41-22-20-18-16-14-12-10-8-6-4-2/h5,7,11-14,17-20,23-24,26-27,29-30,32-33,35-36,38-39,41-44,65H,3-4,6,8-10,15-16,21-22,25,28,31,34,37,40,45-64,68H2,1-2H3,(H,71,72)/b7-5-,13-11-,14-12-,19-17-,20-18-,24-23-,27-26-,30-29-,33-32-,36-35-,39-38-,43-41-,44-42-. The Morgan fingerprint density at radius 2 is 0.714 bits per heavy atom. The molecule has 77 heavy (non-hydrogen) atoms. The molecule has 2 atom stereocenters. The smallest absolute Gasteiger partial charge is 0.462 e. The lowest BCUT2D eigenvalue weighted by atomic mass is 10.1. The zero-order chi connectivity index (χ0) is 55.9. The van der Waals surface area contributed by atoms with Gasteiger partial charge >= 0.3 is 19.8 Å². The second-order valence-electron chi connectivity index (χ2n) is 19.1. The lowest BCUT2D eigenvalue weighted by Gasteiger charge is -2.19. The van der Waals surface area contributed by atoms with Gasteiger partial charge in [0.15, 0.2) is 6.10 Å². The van der Waals surface area contributed by atoms with E-state index in [2.05, 4.69) is 172 Å². The Kier molecular flexibility index (Phi) is 57.4. The van der Waals surface area contributed by atoms with Crippen LogP contribution in [-0.4, -0.2) is 49.3 Å². The van der Waals surface area contributed by atoms with Gasteiger partial charge in [-0.2, -0.15) is 0 Å². The third kappa shape index (κ3) is 60.7. The summed E-state index contributed by atoms with van der Waals surface area (Å²) < 4.78 is 33.0. The van der Waals surface area contributed by atoms with Crippen molar-refractivity contribution in [2.24, 2.45) is 5.73 Å². The van der Waals surface area contributed by atoms with Crippen molar-refractivity contribution in [1.82, 2.24) is 0 Å². The Morgan fingerprint density at radius 1 is 0.403 bits per heavy atom. The van der Waals surface area contributed by atoms with Gasteiger partial charge in [-0.05, 0) is 128 Å². The van der Waals surface area contributed by atoms with Crippen LogP contribution >= 0.6 is 7.82 Å². The molecular formula is C67H108NO8P. The quantitative estimate of drug-likeness (QED) is 0.0264. The monoisotopic (exact) mass is 1090 g/mol. The average molecular weight is 1090 g/mol. The Hall–Kier alpha value is -4.37. The van der Waals surface area contributed by atoms with Crippen molar-refractivity contribution in [1.29, 1.82) is 0 Å². The molecule has 434 valence electrons. The molecule has 2 unspecified atom stereocenters. The Labute approximate surface area is 470 Å². The summed E-state index contributed by atoms with van der Waals surface area (Å²) in [4.78, 5) is 35.2. The number of phosphoric ester groups is 1. The molecule has 0 spiro atoms. The van der Waals surface area contributed by atoms with Gasteiger partial charge in [0.05, 0.1) is 13.2 Å². The van der Waals surface area contributed by atoms with Gasteiger partial charge in [0.2, 0.25) is 0 Å². The Morgan fingerprint density at radius 3 is 1.06 bits per heavy atom. The molecule has 0 saturated carbocycles. The van der Waals surface area contributed by atoms with Gasteiger partial charge in [-0.3, -0.25) is 18.6 Å². The molecule has 0 bridgehead atoms. The average Bonchev–Trinajstić information content (AvgIpc) is 3.42. The summed E-state index contributed by atoms with van der Waals surface area (Å²) in [6, 6.07) is 0. The number of rotatable bonds is 54. The maximum absolute atomic E-state index is 12.7. The number of carbonyl (C=O) groups is 2. The fraction of sp³-hybridized carbons (Fsp3) is 0.582. The van der Waals surface area contributed by atoms with Crippen LogP contribution in [0.2, 0.25) is 0 Å². The molecule has 0 saturated heterocycles. The molecule has 0 aromatic rings. The second kappa shape index (κ2) is 60.9. The molecule has 10 heteroatoms. The Bertz CT molecular complexity index is 1810. The van der Waals surface area contributed by atoms with Crippen LogP contribution in [0.5, 0.6) is 0 Å². The first-order chi connectivity index (χ1) is 37.8. The number of hydrogen-bond donors (Lipinski definition) is 2. The van der Waals surface area contributed by atoms with Crippen LogP contribution in [0, 0.1) is 0 Å². The van der Waals surface area contributed by atoms with E-state index < -0.39 is 32.5 Å². The van der Waals surface area contributed by atoms with Crippen molar-refractivity contribution in [3.8, 4) is 0 Å². The van der Waals surface area contributed by atoms with E-state index in [1.165, 1.54) is 25.7 Å². The number of ether oxygens (including phenoxy) is 2. The summed E-state index contributed by atoms with van der Waals surface area (Å²) in [5.74, 6) is -0.871. The molecule has 0 fully saturated rings. The number of allylic oxidation sites excluding steroid dienone is 26. The lowest BCUT2D eigenvalue weighted by Crippen LogP contribution is -2.29. The first-order valence-corrected chi connectivity index (χ1v) is 31.5. The normalized spacial score (nSPS) is 14.2. The zero-order valence-electron chi connectivity index (χ0n) is 48.4. The first-order valence-electron chi connectivity index (χ1n) is 30.0. The van der Waals surface area contributed by atoms with Crippen LogP contribution in [0.1, 0.15) is 219 Å². The van der Waals surface area contributed by atoms with E-state index in [0.717, 1.165) is 154 Å². The van der Waals surface area contributed by atoms with E-state index >= 15 is 0 Å². The molecule has 0 aromatic carbocycles. The fourth-order valence-electron chi connectivity index (χ4n) is 7.49. The van der Waals surface area contributed by atoms with Crippen molar-refractivity contribution < 1.29 is 37.6 Å². The molecule has 3 N–H and O–H groups in total. The largest absolute Gasteiger partial charge is 0.472 e. The molecule has 0 aliphatic heterocycles. The van der Waals surface area contributed by atoms with Crippen molar-refractivity contribution in [2.75, 3.05) is 26.4 Å². The number of phosphoric acid groups is 1.